The summed E-state index contributed by atoms with van der Waals surface area (Å²) in [4.78, 5) is 0. The van der Waals surface area contributed by atoms with E-state index in [1.54, 1.807) is 14.2 Å². The molecule has 0 aromatic heterocycles. The van der Waals surface area contributed by atoms with Gasteiger partial charge in [-0.15, -0.1) is 0 Å². The maximum absolute atomic E-state index is 6.01. The molecule has 0 aliphatic carbocycles. The summed E-state index contributed by atoms with van der Waals surface area (Å²) >= 11 is 0. The Morgan fingerprint density at radius 2 is 2.11 bits per heavy atom. The Hall–Kier alpha value is -1.46. The first-order chi connectivity index (χ1) is 8.72. The van der Waals surface area contributed by atoms with Crippen LogP contribution in [0.25, 0.3) is 0 Å². The van der Waals surface area contributed by atoms with Gasteiger partial charge in [0.05, 0.1) is 30.7 Å². The molecule has 0 bridgehead atoms. The molecule has 0 spiro atoms. The van der Waals surface area contributed by atoms with Crippen molar-refractivity contribution in [3.8, 4) is 5.75 Å². The van der Waals surface area contributed by atoms with E-state index in [0.717, 1.165) is 5.69 Å². The molecule has 0 amide bonds. The van der Waals surface area contributed by atoms with Gasteiger partial charge >= 0.3 is 0 Å². The zero-order valence-electron chi connectivity index (χ0n) is 11.2. The van der Waals surface area contributed by atoms with Gasteiger partial charge in [-0.2, -0.15) is 0 Å². The monoisotopic (exact) mass is 254 g/mol. The Balaban J connectivity index is 2.63. The van der Waals surface area contributed by atoms with E-state index in [9.17, 15) is 0 Å². The number of methoxy groups -OCH3 is 2. The highest BCUT2D eigenvalue weighted by Gasteiger charge is 2.09. The number of benzene rings is 1. The summed E-state index contributed by atoms with van der Waals surface area (Å²) in [7, 11) is 3.31. The average Bonchev–Trinajstić information content (AvgIpc) is 2.38. The van der Waals surface area contributed by atoms with E-state index in [4.69, 9.17) is 19.9 Å². The van der Waals surface area contributed by atoms with Crippen molar-refractivity contribution in [2.24, 2.45) is 0 Å². The largest absolute Gasteiger partial charge is 0.492 e. The van der Waals surface area contributed by atoms with Gasteiger partial charge in [0, 0.05) is 20.8 Å². The molecule has 0 fully saturated rings. The van der Waals surface area contributed by atoms with E-state index in [1.165, 1.54) is 0 Å². The van der Waals surface area contributed by atoms with E-state index >= 15 is 0 Å². The molecule has 0 saturated heterocycles. The topological polar surface area (TPSA) is 65.7 Å². The van der Waals surface area contributed by atoms with Crippen LogP contribution >= 0.6 is 0 Å². The van der Waals surface area contributed by atoms with Crippen LogP contribution in [0, 0.1) is 0 Å². The summed E-state index contributed by atoms with van der Waals surface area (Å²) in [6, 6.07) is 5.67. The summed E-state index contributed by atoms with van der Waals surface area (Å²) in [6.45, 7) is 3.69. The molecule has 102 valence electrons. The van der Waals surface area contributed by atoms with Crippen LogP contribution in [0.3, 0.4) is 0 Å². The lowest BCUT2D eigenvalue weighted by Crippen LogP contribution is -2.26. The van der Waals surface area contributed by atoms with Gasteiger partial charge in [0.15, 0.2) is 0 Å². The van der Waals surface area contributed by atoms with Crippen LogP contribution in [-0.2, 0) is 9.47 Å². The number of nitrogen functional groups attached to an aromatic ring is 1. The highest BCUT2D eigenvalue weighted by atomic mass is 16.5. The van der Waals surface area contributed by atoms with E-state index in [1.807, 2.05) is 25.1 Å². The SMILES string of the molecule is CCOc1cccc(NCC(COC)OC)c1N. The first-order valence-electron chi connectivity index (χ1n) is 5.99. The van der Waals surface area contributed by atoms with Crippen LogP contribution in [0.15, 0.2) is 18.2 Å². The van der Waals surface area contributed by atoms with Gasteiger partial charge in [-0.3, -0.25) is 0 Å². The van der Waals surface area contributed by atoms with Crippen LogP contribution in [0.4, 0.5) is 11.4 Å². The van der Waals surface area contributed by atoms with Crippen molar-refractivity contribution in [3.05, 3.63) is 18.2 Å². The Labute approximate surface area is 108 Å². The van der Waals surface area contributed by atoms with Crippen LogP contribution in [0.5, 0.6) is 5.75 Å². The van der Waals surface area contributed by atoms with Gasteiger partial charge in [-0.05, 0) is 19.1 Å². The molecule has 1 atom stereocenters. The van der Waals surface area contributed by atoms with Crippen LogP contribution in [0.1, 0.15) is 6.92 Å². The molecule has 0 heterocycles. The number of rotatable bonds is 8. The highest BCUT2D eigenvalue weighted by molar-refractivity contribution is 5.72. The van der Waals surface area contributed by atoms with Gasteiger partial charge in [0.2, 0.25) is 0 Å². The van der Waals surface area contributed by atoms with Crippen LogP contribution in [0.2, 0.25) is 0 Å². The number of anilines is 2. The van der Waals surface area contributed by atoms with E-state index in [2.05, 4.69) is 5.32 Å². The predicted molar refractivity (Wildman–Crippen MR) is 73.2 cm³/mol. The molecule has 5 heteroatoms. The first kappa shape index (κ1) is 14.6. The van der Waals surface area contributed by atoms with Gasteiger partial charge < -0.3 is 25.3 Å². The number of hydrogen-bond acceptors (Lipinski definition) is 5. The number of ether oxygens (including phenoxy) is 3. The zero-order chi connectivity index (χ0) is 13.4. The molecule has 18 heavy (non-hydrogen) atoms. The van der Waals surface area contributed by atoms with Gasteiger partial charge in [0.25, 0.3) is 0 Å². The standard InChI is InChI=1S/C13H22N2O3/c1-4-18-12-7-5-6-11(13(12)14)15-8-10(17-3)9-16-2/h5-7,10,15H,4,8-9,14H2,1-3H3. The lowest BCUT2D eigenvalue weighted by atomic mass is 10.2. The van der Waals surface area contributed by atoms with Gasteiger partial charge in [0.1, 0.15) is 5.75 Å². The van der Waals surface area contributed by atoms with Gasteiger partial charge in [-0.25, -0.2) is 0 Å². The van der Waals surface area contributed by atoms with Crippen molar-refractivity contribution >= 4 is 11.4 Å². The van der Waals surface area contributed by atoms with E-state index < -0.39 is 0 Å². The summed E-state index contributed by atoms with van der Waals surface area (Å²) < 4.78 is 15.8. The maximum atomic E-state index is 6.01. The molecule has 5 nitrogen and oxygen atoms in total. The molecule has 0 saturated carbocycles. The lowest BCUT2D eigenvalue weighted by Gasteiger charge is -2.18. The summed E-state index contributed by atoms with van der Waals surface area (Å²) in [6.07, 6.45) is -0.00912. The Morgan fingerprint density at radius 1 is 1.33 bits per heavy atom. The minimum atomic E-state index is -0.00912. The number of nitrogens with two attached hydrogens (primary N) is 1. The van der Waals surface area contributed by atoms with Gasteiger partial charge in [-0.1, -0.05) is 6.07 Å². The van der Waals surface area contributed by atoms with Crippen molar-refractivity contribution in [1.29, 1.82) is 0 Å². The molecular weight excluding hydrogens is 232 g/mol. The van der Waals surface area contributed by atoms with E-state index in [0.29, 0.717) is 31.2 Å². The summed E-state index contributed by atoms with van der Waals surface area (Å²) in [5, 5.41) is 3.24. The average molecular weight is 254 g/mol. The van der Waals surface area contributed by atoms with Crippen molar-refractivity contribution in [3.63, 3.8) is 0 Å². The Kier molecular flexibility index (Phi) is 6.32. The number of hydrogen-bond donors (Lipinski definition) is 2. The molecule has 1 rings (SSSR count). The molecule has 1 unspecified atom stereocenters. The maximum Gasteiger partial charge on any atom is 0.144 e. The Morgan fingerprint density at radius 3 is 2.72 bits per heavy atom. The summed E-state index contributed by atoms with van der Waals surface area (Å²) in [5.74, 6) is 0.697. The molecule has 0 radical (unpaired) electrons. The molecule has 0 aliphatic heterocycles. The normalized spacial score (nSPS) is 12.2. The quantitative estimate of drug-likeness (QED) is 0.692. The molecule has 1 aromatic rings. The third-order valence-corrected chi connectivity index (χ3v) is 2.57. The van der Waals surface area contributed by atoms with Crippen molar-refractivity contribution in [1.82, 2.24) is 0 Å². The van der Waals surface area contributed by atoms with Crippen molar-refractivity contribution in [2.45, 2.75) is 13.0 Å². The number of nitrogens with one attached hydrogen (secondary N) is 1. The fourth-order valence-corrected chi connectivity index (χ4v) is 1.60. The number of para-hydroxylation sites is 1. The molecule has 0 aliphatic rings. The van der Waals surface area contributed by atoms with Crippen LogP contribution in [-0.4, -0.2) is 40.1 Å². The van der Waals surface area contributed by atoms with Crippen molar-refractivity contribution in [2.75, 3.05) is 45.0 Å². The summed E-state index contributed by atoms with van der Waals surface area (Å²) in [5.41, 5.74) is 7.48. The second kappa shape index (κ2) is 7.79. The second-order valence-electron chi connectivity index (χ2n) is 3.84. The zero-order valence-corrected chi connectivity index (χ0v) is 11.2. The molecule has 3 N–H and O–H groups in total. The highest BCUT2D eigenvalue weighted by Crippen LogP contribution is 2.29. The van der Waals surface area contributed by atoms with Crippen LogP contribution < -0.4 is 15.8 Å². The van der Waals surface area contributed by atoms with Crippen molar-refractivity contribution < 1.29 is 14.2 Å². The smallest absolute Gasteiger partial charge is 0.144 e. The molecule has 1 aromatic carbocycles. The third kappa shape index (κ3) is 4.09. The fourth-order valence-electron chi connectivity index (χ4n) is 1.60. The minimum Gasteiger partial charge on any atom is -0.492 e. The third-order valence-electron chi connectivity index (χ3n) is 2.57. The molecular formula is C13H22N2O3. The Bertz CT molecular complexity index is 358. The minimum absolute atomic E-state index is 0.00912. The second-order valence-corrected chi connectivity index (χ2v) is 3.84. The fraction of sp³-hybridized carbons (Fsp3) is 0.538. The first-order valence-corrected chi connectivity index (χ1v) is 5.99. The predicted octanol–water partition coefficient (Wildman–Crippen LogP) is 1.74. The lowest BCUT2D eigenvalue weighted by molar-refractivity contribution is 0.0366. The van der Waals surface area contributed by atoms with E-state index in [-0.39, 0.29) is 6.10 Å².